The first-order valence-corrected chi connectivity index (χ1v) is 10.2. The number of methoxy groups -OCH3 is 1. The first-order chi connectivity index (χ1) is 12.2. The molecule has 0 bridgehead atoms. The van der Waals surface area contributed by atoms with Gasteiger partial charge in [0.1, 0.15) is 0 Å². The minimum absolute atomic E-state index is 0.661. The molecule has 1 aliphatic carbocycles. The van der Waals surface area contributed by atoms with Gasteiger partial charge in [0, 0.05) is 16.0 Å². The lowest BCUT2D eigenvalue weighted by Crippen LogP contribution is -1.99. The number of nitrogens with zero attached hydrogens (tertiary/aromatic N) is 1. The molecule has 1 heterocycles. The van der Waals surface area contributed by atoms with E-state index in [2.05, 4.69) is 49.4 Å². The fourth-order valence-corrected chi connectivity index (χ4v) is 4.12. The van der Waals surface area contributed by atoms with Gasteiger partial charge in [-0.25, -0.2) is 4.98 Å². The van der Waals surface area contributed by atoms with E-state index in [0.717, 1.165) is 17.0 Å². The van der Waals surface area contributed by atoms with Crippen molar-refractivity contribution in [1.29, 1.82) is 0 Å². The van der Waals surface area contributed by atoms with Gasteiger partial charge in [0.15, 0.2) is 0 Å². The minimum Gasteiger partial charge on any atom is -0.481 e. The lowest BCUT2D eigenvalue weighted by atomic mass is 9.96. The van der Waals surface area contributed by atoms with E-state index < -0.39 is 0 Å². The molecule has 132 valence electrons. The molecule has 0 N–H and O–H groups in total. The molecule has 0 saturated heterocycles. The standard InChI is InChI=1S/C22H27NOS/c1-4-25-19-12-10-18(11-13-19)20(15-17-7-5-6-8-17)21-14-9-16(2)22(23-21)24-3/h9-15,17H,4-8H2,1-3H3. The Morgan fingerprint density at radius 3 is 2.52 bits per heavy atom. The maximum Gasteiger partial charge on any atom is 0.216 e. The number of benzene rings is 1. The molecule has 0 spiro atoms. The summed E-state index contributed by atoms with van der Waals surface area (Å²) in [4.78, 5) is 6.09. The highest BCUT2D eigenvalue weighted by molar-refractivity contribution is 7.99. The van der Waals surface area contributed by atoms with Gasteiger partial charge in [-0.1, -0.05) is 44.0 Å². The topological polar surface area (TPSA) is 22.1 Å². The zero-order chi connectivity index (χ0) is 17.6. The Morgan fingerprint density at radius 2 is 1.88 bits per heavy atom. The quantitative estimate of drug-likeness (QED) is 0.583. The molecular formula is C22H27NOS. The van der Waals surface area contributed by atoms with Gasteiger partial charge < -0.3 is 4.74 Å². The Morgan fingerprint density at radius 1 is 1.16 bits per heavy atom. The van der Waals surface area contributed by atoms with E-state index in [9.17, 15) is 0 Å². The van der Waals surface area contributed by atoms with Crippen LogP contribution in [0.2, 0.25) is 0 Å². The average molecular weight is 354 g/mol. The first-order valence-electron chi connectivity index (χ1n) is 9.18. The number of aromatic nitrogens is 1. The maximum absolute atomic E-state index is 5.45. The molecule has 1 saturated carbocycles. The number of ether oxygens (including phenoxy) is 1. The van der Waals surface area contributed by atoms with E-state index in [1.807, 2.05) is 18.7 Å². The third kappa shape index (κ3) is 4.46. The van der Waals surface area contributed by atoms with Crippen LogP contribution in [0.3, 0.4) is 0 Å². The van der Waals surface area contributed by atoms with Gasteiger partial charge in [-0.05, 0) is 55.2 Å². The summed E-state index contributed by atoms with van der Waals surface area (Å²) in [5.41, 5.74) is 4.55. The molecule has 1 aromatic carbocycles. The number of thioether (sulfide) groups is 1. The number of aryl methyl sites for hydroxylation is 1. The predicted molar refractivity (Wildman–Crippen MR) is 107 cm³/mol. The molecule has 1 aliphatic rings. The molecule has 0 aliphatic heterocycles. The maximum atomic E-state index is 5.45. The zero-order valence-electron chi connectivity index (χ0n) is 15.4. The van der Waals surface area contributed by atoms with Crippen LogP contribution in [-0.2, 0) is 0 Å². The van der Waals surface area contributed by atoms with Gasteiger partial charge in [0.05, 0.1) is 12.8 Å². The SMILES string of the molecule is CCSc1ccc(C(=CC2CCCC2)c2ccc(C)c(OC)n2)cc1. The highest BCUT2D eigenvalue weighted by Gasteiger charge is 2.16. The Bertz CT molecular complexity index is 730. The molecular weight excluding hydrogens is 326 g/mol. The van der Waals surface area contributed by atoms with Gasteiger partial charge in [0.25, 0.3) is 0 Å². The van der Waals surface area contributed by atoms with Crippen LogP contribution in [0.4, 0.5) is 0 Å². The van der Waals surface area contributed by atoms with Crippen LogP contribution in [-0.4, -0.2) is 17.8 Å². The number of hydrogen-bond donors (Lipinski definition) is 0. The van der Waals surface area contributed by atoms with Crippen LogP contribution in [0.5, 0.6) is 5.88 Å². The van der Waals surface area contributed by atoms with Gasteiger partial charge in [0.2, 0.25) is 5.88 Å². The molecule has 2 nitrogen and oxygen atoms in total. The van der Waals surface area contributed by atoms with E-state index in [1.165, 1.54) is 41.7 Å². The Hall–Kier alpha value is -1.74. The van der Waals surface area contributed by atoms with E-state index in [4.69, 9.17) is 9.72 Å². The summed E-state index contributed by atoms with van der Waals surface area (Å²) < 4.78 is 5.45. The zero-order valence-corrected chi connectivity index (χ0v) is 16.2. The van der Waals surface area contributed by atoms with Gasteiger partial charge in [-0.15, -0.1) is 11.8 Å². The van der Waals surface area contributed by atoms with Crippen LogP contribution in [0, 0.1) is 12.8 Å². The summed E-state index contributed by atoms with van der Waals surface area (Å²) in [6.45, 7) is 4.22. The average Bonchev–Trinajstić information content (AvgIpc) is 3.15. The van der Waals surface area contributed by atoms with Crippen LogP contribution < -0.4 is 4.74 Å². The highest BCUT2D eigenvalue weighted by Crippen LogP contribution is 2.33. The summed E-state index contributed by atoms with van der Waals surface area (Å²) in [5, 5.41) is 0. The second-order valence-electron chi connectivity index (χ2n) is 6.60. The van der Waals surface area contributed by atoms with Crippen molar-refractivity contribution in [1.82, 2.24) is 4.98 Å². The molecule has 0 amide bonds. The number of rotatable bonds is 6. The molecule has 3 heteroatoms. The fourth-order valence-electron chi connectivity index (χ4n) is 3.45. The van der Waals surface area contributed by atoms with Gasteiger partial charge in [-0.2, -0.15) is 0 Å². The van der Waals surface area contributed by atoms with Crippen LogP contribution >= 0.6 is 11.8 Å². The molecule has 0 radical (unpaired) electrons. The van der Waals surface area contributed by atoms with Crippen molar-refractivity contribution in [3.8, 4) is 5.88 Å². The normalized spacial score (nSPS) is 15.6. The number of hydrogen-bond acceptors (Lipinski definition) is 3. The van der Waals surface area contributed by atoms with Crippen molar-refractivity contribution in [3.63, 3.8) is 0 Å². The van der Waals surface area contributed by atoms with Crippen molar-refractivity contribution < 1.29 is 4.74 Å². The molecule has 25 heavy (non-hydrogen) atoms. The van der Waals surface area contributed by atoms with E-state index in [-0.39, 0.29) is 0 Å². The summed E-state index contributed by atoms with van der Waals surface area (Å²) >= 11 is 1.88. The summed E-state index contributed by atoms with van der Waals surface area (Å²) in [6, 6.07) is 13.1. The Labute approximate surface area is 155 Å². The van der Waals surface area contributed by atoms with Gasteiger partial charge >= 0.3 is 0 Å². The first kappa shape index (κ1) is 18.1. The van der Waals surface area contributed by atoms with E-state index in [0.29, 0.717) is 11.8 Å². The van der Waals surface area contributed by atoms with Crippen molar-refractivity contribution in [2.45, 2.75) is 44.4 Å². The van der Waals surface area contributed by atoms with E-state index in [1.54, 1.807) is 7.11 Å². The molecule has 1 aromatic heterocycles. The fraction of sp³-hybridized carbons (Fsp3) is 0.409. The van der Waals surface area contributed by atoms with Crippen molar-refractivity contribution in [3.05, 3.63) is 59.3 Å². The lowest BCUT2D eigenvalue weighted by molar-refractivity contribution is 0.394. The largest absolute Gasteiger partial charge is 0.481 e. The lowest BCUT2D eigenvalue weighted by Gasteiger charge is -2.13. The smallest absolute Gasteiger partial charge is 0.216 e. The summed E-state index contributed by atoms with van der Waals surface area (Å²) in [5.74, 6) is 2.47. The summed E-state index contributed by atoms with van der Waals surface area (Å²) in [7, 11) is 1.69. The Balaban J connectivity index is 2.00. The molecule has 3 rings (SSSR count). The van der Waals surface area contributed by atoms with Crippen molar-refractivity contribution in [2.75, 3.05) is 12.9 Å². The van der Waals surface area contributed by atoms with E-state index >= 15 is 0 Å². The molecule has 2 aromatic rings. The monoisotopic (exact) mass is 353 g/mol. The molecule has 0 unspecified atom stereocenters. The highest BCUT2D eigenvalue weighted by atomic mass is 32.2. The summed E-state index contributed by atoms with van der Waals surface area (Å²) in [6.07, 6.45) is 7.69. The number of allylic oxidation sites excluding steroid dienone is 1. The van der Waals surface area contributed by atoms with Crippen molar-refractivity contribution in [2.24, 2.45) is 5.92 Å². The van der Waals surface area contributed by atoms with Gasteiger partial charge in [-0.3, -0.25) is 0 Å². The molecule has 0 atom stereocenters. The van der Waals surface area contributed by atoms with Crippen LogP contribution in [0.1, 0.15) is 49.4 Å². The predicted octanol–water partition coefficient (Wildman–Crippen LogP) is 6.13. The second-order valence-corrected chi connectivity index (χ2v) is 7.94. The Kier molecular flexibility index (Phi) is 6.19. The third-order valence-corrected chi connectivity index (χ3v) is 5.69. The third-order valence-electron chi connectivity index (χ3n) is 4.80. The van der Waals surface area contributed by atoms with Crippen LogP contribution in [0.15, 0.2) is 47.4 Å². The second kappa shape index (κ2) is 8.57. The van der Waals surface area contributed by atoms with Crippen molar-refractivity contribution >= 4 is 17.3 Å². The minimum atomic E-state index is 0.661. The van der Waals surface area contributed by atoms with Crippen LogP contribution in [0.25, 0.3) is 5.57 Å². The molecule has 1 fully saturated rings. The number of pyridine rings is 1.